The van der Waals surface area contributed by atoms with E-state index < -0.39 is 0 Å². The smallest absolute Gasteiger partial charge is 0.229 e. The minimum Gasteiger partial charge on any atom is -0.352 e. The molecule has 0 saturated carbocycles. The fourth-order valence-corrected chi connectivity index (χ4v) is 2.14. The maximum Gasteiger partial charge on any atom is 0.229 e. The van der Waals surface area contributed by atoms with Gasteiger partial charge >= 0.3 is 0 Å². The van der Waals surface area contributed by atoms with E-state index in [1.54, 1.807) is 0 Å². The molecule has 0 fully saturated rings. The van der Waals surface area contributed by atoms with Crippen molar-refractivity contribution in [3.05, 3.63) is 16.5 Å². The molecule has 1 rings (SSSR count). The number of nitrogens with one attached hydrogen (secondary N) is 1. The van der Waals surface area contributed by atoms with Crippen molar-refractivity contribution in [3.63, 3.8) is 0 Å². The quantitative estimate of drug-likeness (QED) is 0.768. The second-order valence-corrected chi connectivity index (χ2v) is 5.01. The van der Waals surface area contributed by atoms with Gasteiger partial charge in [-0.05, 0) is 31.4 Å². The average molecular weight is 288 g/mol. The van der Waals surface area contributed by atoms with Gasteiger partial charge in [-0.2, -0.15) is 0 Å². The molecule has 5 nitrogen and oxygen atoms in total. The summed E-state index contributed by atoms with van der Waals surface area (Å²) in [7, 11) is 0. The zero-order valence-corrected chi connectivity index (χ0v) is 12.3. The molecule has 0 bridgehead atoms. The number of carbonyl (C=O) groups excluding carboxylic acids is 1. The van der Waals surface area contributed by atoms with Crippen molar-refractivity contribution in [2.24, 2.45) is 5.73 Å². The molecule has 1 aromatic heterocycles. The van der Waals surface area contributed by atoms with Gasteiger partial charge in [0.2, 0.25) is 11.1 Å². The maximum atomic E-state index is 11.8. The Balaban J connectivity index is 2.38. The van der Waals surface area contributed by atoms with Crippen molar-refractivity contribution in [3.8, 4) is 0 Å². The molecule has 6 heteroatoms. The predicted molar refractivity (Wildman–Crippen MR) is 75.1 cm³/mol. The number of hydrogen-bond donors (Lipinski definition) is 2. The minimum atomic E-state index is -0.0109. The highest BCUT2D eigenvalue weighted by Crippen LogP contribution is 2.20. The lowest BCUT2D eigenvalue weighted by molar-refractivity contribution is -0.121. The highest BCUT2D eigenvalue weighted by atomic mass is 35.5. The van der Waals surface area contributed by atoms with E-state index in [1.807, 2.05) is 6.92 Å². The first-order chi connectivity index (χ1) is 9.08. The van der Waals surface area contributed by atoms with Crippen LogP contribution < -0.4 is 11.1 Å². The van der Waals surface area contributed by atoms with Crippen molar-refractivity contribution >= 4 is 17.5 Å². The fourth-order valence-electron chi connectivity index (χ4n) is 1.88. The van der Waals surface area contributed by atoms with E-state index in [0.29, 0.717) is 19.4 Å². The summed E-state index contributed by atoms with van der Waals surface area (Å²) in [5.41, 5.74) is 7.18. The van der Waals surface area contributed by atoms with Crippen molar-refractivity contribution in [2.75, 3.05) is 6.54 Å². The molecule has 1 heterocycles. The van der Waals surface area contributed by atoms with Gasteiger partial charge in [-0.15, -0.1) is 0 Å². The Morgan fingerprint density at radius 1 is 1.58 bits per heavy atom. The summed E-state index contributed by atoms with van der Waals surface area (Å²) in [5.74, 6) is -0.0109. The Morgan fingerprint density at radius 3 is 2.84 bits per heavy atom. The van der Waals surface area contributed by atoms with E-state index in [-0.39, 0.29) is 17.2 Å². The number of halogens is 1. The standard InChI is InChI=1S/C13H22ClN3O2/c1-3-4-5-10(8-15)16-12(18)7-6-11-9(2)17-19-13(11)14/h10H,3-8,15H2,1-2H3,(H,16,18). The zero-order valence-electron chi connectivity index (χ0n) is 11.5. The van der Waals surface area contributed by atoms with Crippen LogP contribution in [-0.2, 0) is 11.2 Å². The number of hydrogen-bond acceptors (Lipinski definition) is 4. The average Bonchev–Trinajstić information content (AvgIpc) is 2.71. The number of rotatable bonds is 8. The summed E-state index contributed by atoms with van der Waals surface area (Å²) in [6.07, 6.45) is 3.99. The molecule has 1 amide bonds. The Kier molecular flexibility index (Phi) is 6.87. The number of amides is 1. The predicted octanol–water partition coefficient (Wildman–Crippen LogP) is 2.20. The van der Waals surface area contributed by atoms with Crippen molar-refractivity contribution in [2.45, 2.75) is 52.0 Å². The first kappa shape index (κ1) is 16.0. The van der Waals surface area contributed by atoms with Gasteiger partial charge in [-0.3, -0.25) is 4.79 Å². The van der Waals surface area contributed by atoms with Gasteiger partial charge in [0, 0.05) is 24.6 Å². The van der Waals surface area contributed by atoms with Crippen LogP contribution in [0.2, 0.25) is 5.22 Å². The van der Waals surface area contributed by atoms with E-state index >= 15 is 0 Å². The number of aryl methyl sites for hydroxylation is 1. The number of nitrogens with zero attached hydrogens (tertiary/aromatic N) is 1. The number of aromatic nitrogens is 1. The van der Waals surface area contributed by atoms with Crippen molar-refractivity contribution < 1.29 is 9.32 Å². The van der Waals surface area contributed by atoms with Crippen LogP contribution >= 0.6 is 11.6 Å². The molecule has 0 aromatic carbocycles. The normalized spacial score (nSPS) is 12.4. The van der Waals surface area contributed by atoms with Crippen LogP contribution in [0.1, 0.15) is 43.9 Å². The Hall–Kier alpha value is -1.07. The van der Waals surface area contributed by atoms with Crippen LogP contribution in [0.5, 0.6) is 0 Å². The highest BCUT2D eigenvalue weighted by Gasteiger charge is 2.14. The van der Waals surface area contributed by atoms with Gasteiger partial charge in [0.25, 0.3) is 0 Å². The van der Waals surface area contributed by atoms with Crippen LogP contribution in [0.3, 0.4) is 0 Å². The summed E-state index contributed by atoms with van der Waals surface area (Å²) in [4.78, 5) is 11.8. The molecule has 3 N–H and O–H groups in total. The minimum absolute atomic E-state index is 0.0109. The van der Waals surface area contributed by atoms with Gasteiger partial charge < -0.3 is 15.6 Å². The van der Waals surface area contributed by atoms with Crippen LogP contribution in [0.15, 0.2) is 4.52 Å². The molecule has 0 aliphatic rings. The van der Waals surface area contributed by atoms with Crippen LogP contribution in [-0.4, -0.2) is 23.7 Å². The van der Waals surface area contributed by atoms with E-state index in [4.69, 9.17) is 21.9 Å². The second kappa shape index (κ2) is 8.17. The lowest BCUT2D eigenvalue weighted by atomic mass is 10.1. The molecule has 0 aliphatic carbocycles. The Bertz CT molecular complexity index is 387. The Morgan fingerprint density at radius 2 is 2.32 bits per heavy atom. The molecule has 1 atom stereocenters. The molecule has 1 unspecified atom stereocenters. The van der Waals surface area contributed by atoms with Gasteiger partial charge in [0.05, 0.1) is 5.69 Å². The van der Waals surface area contributed by atoms with Gasteiger partial charge in [0.15, 0.2) is 0 Å². The van der Waals surface area contributed by atoms with Gasteiger partial charge in [-0.25, -0.2) is 0 Å². The fraction of sp³-hybridized carbons (Fsp3) is 0.692. The summed E-state index contributed by atoms with van der Waals surface area (Å²) in [6.45, 7) is 4.40. The van der Waals surface area contributed by atoms with Crippen LogP contribution in [0.25, 0.3) is 0 Å². The molecular weight excluding hydrogens is 266 g/mol. The first-order valence-electron chi connectivity index (χ1n) is 6.68. The maximum absolute atomic E-state index is 11.8. The Labute approximate surface area is 118 Å². The van der Waals surface area contributed by atoms with Crippen LogP contribution in [0.4, 0.5) is 0 Å². The molecule has 0 saturated heterocycles. The van der Waals surface area contributed by atoms with Crippen LogP contribution in [0, 0.1) is 6.92 Å². The SMILES string of the molecule is CCCCC(CN)NC(=O)CCc1c(C)noc1Cl. The summed E-state index contributed by atoms with van der Waals surface area (Å²) >= 11 is 5.85. The van der Waals surface area contributed by atoms with E-state index in [1.165, 1.54) is 0 Å². The van der Waals surface area contributed by atoms with Gasteiger partial charge in [-0.1, -0.05) is 24.9 Å². The first-order valence-corrected chi connectivity index (χ1v) is 7.06. The monoisotopic (exact) mass is 287 g/mol. The molecule has 0 aliphatic heterocycles. The number of carbonyl (C=O) groups is 1. The third-order valence-electron chi connectivity index (χ3n) is 3.09. The molecular formula is C13H22ClN3O2. The number of nitrogens with two attached hydrogens (primary N) is 1. The third kappa shape index (κ3) is 5.20. The van der Waals surface area contributed by atoms with E-state index in [9.17, 15) is 4.79 Å². The lowest BCUT2D eigenvalue weighted by Crippen LogP contribution is -2.40. The van der Waals surface area contributed by atoms with E-state index in [0.717, 1.165) is 30.5 Å². The number of unbranched alkanes of at least 4 members (excludes halogenated alkanes) is 1. The van der Waals surface area contributed by atoms with Gasteiger partial charge in [0.1, 0.15) is 0 Å². The molecule has 108 valence electrons. The highest BCUT2D eigenvalue weighted by molar-refractivity contribution is 6.29. The second-order valence-electron chi connectivity index (χ2n) is 4.66. The van der Waals surface area contributed by atoms with E-state index in [2.05, 4.69) is 17.4 Å². The topological polar surface area (TPSA) is 81.1 Å². The summed E-state index contributed by atoms with van der Waals surface area (Å²) < 4.78 is 4.85. The molecule has 1 aromatic rings. The molecule has 0 spiro atoms. The summed E-state index contributed by atoms with van der Waals surface area (Å²) in [5, 5.41) is 6.97. The lowest BCUT2D eigenvalue weighted by Gasteiger charge is -2.16. The van der Waals surface area contributed by atoms with Crippen molar-refractivity contribution in [1.29, 1.82) is 0 Å². The third-order valence-corrected chi connectivity index (χ3v) is 3.39. The van der Waals surface area contributed by atoms with Crippen molar-refractivity contribution in [1.82, 2.24) is 10.5 Å². The zero-order chi connectivity index (χ0) is 14.3. The molecule has 19 heavy (non-hydrogen) atoms. The summed E-state index contributed by atoms with van der Waals surface area (Å²) in [6, 6.07) is 0.0616. The largest absolute Gasteiger partial charge is 0.352 e. The molecule has 0 radical (unpaired) electrons.